The summed E-state index contributed by atoms with van der Waals surface area (Å²) in [6.07, 6.45) is -0.760. The van der Waals surface area contributed by atoms with Crippen LogP contribution in [0.5, 0.6) is 0 Å². The van der Waals surface area contributed by atoms with Crippen molar-refractivity contribution in [2.75, 3.05) is 13.6 Å². The van der Waals surface area contributed by atoms with E-state index in [9.17, 15) is 14.3 Å². The van der Waals surface area contributed by atoms with Gasteiger partial charge in [0.15, 0.2) is 0 Å². The number of carbonyl (C=O) groups excluding carboxylic acids is 1. The second-order valence-electron chi connectivity index (χ2n) is 7.60. The normalized spacial score (nSPS) is 13.7. The fourth-order valence-electron chi connectivity index (χ4n) is 4.22. The predicted octanol–water partition coefficient (Wildman–Crippen LogP) is 3.45. The van der Waals surface area contributed by atoms with Crippen molar-refractivity contribution in [2.45, 2.75) is 18.7 Å². The molecule has 0 radical (unpaired) electrons. The van der Waals surface area contributed by atoms with E-state index in [4.69, 9.17) is 5.73 Å². The number of nitrogens with zero attached hydrogens (tertiary/aromatic N) is 2. The van der Waals surface area contributed by atoms with E-state index in [0.717, 1.165) is 21.8 Å². The number of aliphatic hydroxyl groups excluding tert-OH is 1. The Labute approximate surface area is 174 Å². The summed E-state index contributed by atoms with van der Waals surface area (Å²) in [5.41, 5.74) is 8.13. The van der Waals surface area contributed by atoms with Crippen LogP contribution in [-0.2, 0) is 11.3 Å². The SMILES string of the molecule is CN(CC(O)Cn1c2ccccc2c2ccccc21)C(C(N)=O)c1cccc(F)c1. The number of carbonyl (C=O) groups is 1. The summed E-state index contributed by atoms with van der Waals surface area (Å²) >= 11 is 0. The van der Waals surface area contributed by atoms with Crippen LogP contribution in [-0.4, -0.2) is 40.2 Å². The van der Waals surface area contributed by atoms with E-state index in [-0.39, 0.29) is 6.54 Å². The molecule has 1 heterocycles. The third-order valence-electron chi connectivity index (χ3n) is 5.45. The number of hydrogen-bond acceptors (Lipinski definition) is 3. The van der Waals surface area contributed by atoms with Crippen molar-refractivity contribution in [3.63, 3.8) is 0 Å². The Kier molecular flexibility index (Phi) is 5.53. The summed E-state index contributed by atoms with van der Waals surface area (Å²) < 4.78 is 15.7. The number of rotatable bonds is 7. The van der Waals surface area contributed by atoms with E-state index in [2.05, 4.69) is 16.7 Å². The van der Waals surface area contributed by atoms with Crippen LogP contribution in [0.4, 0.5) is 4.39 Å². The zero-order valence-corrected chi connectivity index (χ0v) is 16.7. The summed E-state index contributed by atoms with van der Waals surface area (Å²) in [6, 6.07) is 21.1. The van der Waals surface area contributed by atoms with Gasteiger partial charge in [0.25, 0.3) is 0 Å². The van der Waals surface area contributed by atoms with Crippen LogP contribution in [0.15, 0.2) is 72.8 Å². The molecule has 6 heteroatoms. The molecule has 4 rings (SSSR count). The Hall–Kier alpha value is -3.22. The molecule has 154 valence electrons. The molecule has 0 aliphatic heterocycles. The van der Waals surface area contributed by atoms with Gasteiger partial charge < -0.3 is 15.4 Å². The lowest BCUT2D eigenvalue weighted by Crippen LogP contribution is -2.40. The van der Waals surface area contributed by atoms with Gasteiger partial charge in [-0.05, 0) is 36.9 Å². The maximum Gasteiger partial charge on any atom is 0.239 e. The van der Waals surface area contributed by atoms with Crippen LogP contribution in [0.1, 0.15) is 11.6 Å². The van der Waals surface area contributed by atoms with Crippen molar-refractivity contribution < 1.29 is 14.3 Å². The average molecular weight is 405 g/mol. The van der Waals surface area contributed by atoms with E-state index < -0.39 is 23.9 Å². The number of nitrogens with two attached hydrogens (primary N) is 1. The van der Waals surface area contributed by atoms with Crippen LogP contribution < -0.4 is 5.73 Å². The molecule has 0 fully saturated rings. The van der Waals surface area contributed by atoms with Gasteiger partial charge in [0.05, 0.1) is 12.6 Å². The Morgan fingerprint density at radius 1 is 1.03 bits per heavy atom. The number of benzene rings is 3. The Balaban J connectivity index is 1.60. The second-order valence-corrected chi connectivity index (χ2v) is 7.60. The van der Waals surface area contributed by atoms with Crippen LogP contribution in [0.25, 0.3) is 21.8 Å². The molecule has 0 bridgehead atoms. The number of aromatic nitrogens is 1. The van der Waals surface area contributed by atoms with Gasteiger partial charge in [-0.15, -0.1) is 0 Å². The summed E-state index contributed by atoms with van der Waals surface area (Å²) in [6.45, 7) is 0.554. The number of primary amides is 1. The van der Waals surface area contributed by atoms with Crippen LogP contribution >= 0.6 is 0 Å². The quantitative estimate of drug-likeness (QED) is 0.495. The first-order chi connectivity index (χ1) is 14.5. The minimum Gasteiger partial charge on any atom is -0.390 e. The van der Waals surface area contributed by atoms with Gasteiger partial charge in [0.1, 0.15) is 11.9 Å². The largest absolute Gasteiger partial charge is 0.390 e. The fourth-order valence-corrected chi connectivity index (χ4v) is 4.22. The molecule has 3 aromatic carbocycles. The molecule has 3 N–H and O–H groups in total. The third kappa shape index (κ3) is 3.79. The average Bonchev–Trinajstić information content (AvgIpc) is 3.02. The van der Waals surface area contributed by atoms with Crippen LogP contribution in [0.2, 0.25) is 0 Å². The highest BCUT2D eigenvalue weighted by Crippen LogP contribution is 2.29. The van der Waals surface area contributed by atoms with Gasteiger partial charge in [-0.2, -0.15) is 0 Å². The molecule has 2 unspecified atom stereocenters. The Morgan fingerprint density at radius 2 is 1.63 bits per heavy atom. The van der Waals surface area contributed by atoms with Gasteiger partial charge in [-0.25, -0.2) is 4.39 Å². The zero-order chi connectivity index (χ0) is 21.3. The maximum absolute atomic E-state index is 13.6. The molecule has 4 aromatic rings. The lowest BCUT2D eigenvalue weighted by molar-refractivity contribution is -0.123. The van der Waals surface area contributed by atoms with E-state index in [1.165, 1.54) is 12.1 Å². The molecule has 1 amide bonds. The molecular weight excluding hydrogens is 381 g/mol. The molecule has 1 aromatic heterocycles. The predicted molar refractivity (Wildman–Crippen MR) is 116 cm³/mol. The number of hydrogen-bond donors (Lipinski definition) is 2. The lowest BCUT2D eigenvalue weighted by atomic mass is 10.0. The van der Waals surface area contributed by atoms with Gasteiger partial charge >= 0.3 is 0 Å². The molecule has 0 saturated carbocycles. The van der Waals surface area contributed by atoms with Gasteiger partial charge in [-0.1, -0.05) is 48.5 Å². The molecular formula is C24H24FN3O2. The maximum atomic E-state index is 13.6. The highest BCUT2D eigenvalue weighted by Gasteiger charge is 2.25. The monoisotopic (exact) mass is 405 g/mol. The van der Waals surface area contributed by atoms with Crippen molar-refractivity contribution in [1.29, 1.82) is 0 Å². The Morgan fingerprint density at radius 3 is 2.20 bits per heavy atom. The third-order valence-corrected chi connectivity index (χ3v) is 5.45. The van der Waals surface area contributed by atoms with Crippen molar-refractivity contribution in [2.24, 2.45) is 5.73 Å². The smallest absolute Gasteiger partial charge is 0.239 e. The first-order valence-electron chi connectivity index (χ1n) is 9.84. The van der Waals surface area contributed by atoms with Crippen molar-refractivity contribution in [1.82, 2.24) is 9.47 Å². The van der Waals surface area contributed by atoms with Crippen molar-refractivity contribution >= 4 is 27.7 Å². The molecule has 0 saturated heterocycles. The standard InChI is InChI=1S/C24H24FN3O2/c1-27(23(24(26)30)16-7-6-8-17(25)13-16)14-18(29)15-28-21-11-4-2-9-19(21)20-10-3-5-12-22(20)28/h2-13,18,23,29H,14-15H2,1H3,(H2,26,30). The number of halogens is 1. The van der Waals surface area contributed by atoms with Gasteiger partial charge in [0, 0.05) is 28.4 Å². The number of likely N-dealkylation sites (N-methyl/N-ethyl adjacent to an activating group) is 1. The van der Waals surface area contributed by atoms with E-state index in [1.807, 2.05) is 36.4 Å². The van der Waals surface area contributed by atoms with Gasteiger partial charge in [0.2, 0.25) is 5.91 Å². The summed E-state index contributed by atoms with van der Waals surface area (Å²) in [7, 11) is 1.70. The summed E-state index contributed by atoms with van der Waals surface area (Å²) in [5.74, 6) is -1.02. The number of amides is 1. The zero-order valence-electron chi connectivity index (χ0n) is 16.7. The molecule has 0 aliphatic carbocycles. The van der Waals surface area contributed by atoms with Gasteiger partial charge in [-0.3, -0.25) is 9.69 Å². The first-order valence-corrected chi connectivity index (χ1v) is 9.84. The first kappa shape index (κ1) is 20.1. The van der Waals surface area contributed by atoms with Crippen LogP contribution in [0, 0.1) is 5.82 Å². The minimum absolute atomic E-state index is 0.199. The molecule has 5 nitrogen and oxygen atoms in total. The van der Waals surface area contributed by atoms with Crippen molar-refractivity contribution in [3.05, 3.63) is 84.2 Å². The number of fused-ring (bicyclic) bond motifs is 3. The molecule has 0 aliphatic rings. The second kappa shape index (κ2) is 8.26. The molecule has 30 heavy (non-hydrogen) atoms. The van der Waals surface area contributed by atoms with E-state index in [1.54, 1.807) is 24.1 Å². The number of aliphatic hydroxyl groups is 1. The topological polar surface area (TPSA) is 71.5 Å². The fraction of sp³-hybridized carbons (Fsp3) is 0.208. The Bertz CT molecular complexity index is 1150. The molecule has 2 atom stereocenters. The minimum atomic E-state index is -0.825. The van der Waals surface area contributed by atoms with E-state index in [0.29, 0.717) is 12.1 Å². The van der Waals surface area contributed by atoms with E-state index >= 15 is 0 Å². The lowest BCUT2D eigenvalue weighted by Gasteiger charge is -2.28. The highest BCUT2D eigenvalue weighted by atomic mass is 19.1. The number of para-hydroxylation sites is 2. The molecule has 0 spiro atoms. The van der Waals surface area contributed by atoms with Crippen LogP contribution in [0.3, 0.4) is 0 Å². The summed E-state index contributed by atoms with van der Waals surface area (Å²) in [5, 5.41) is 13.1. The van der Waals surface area contributed by atoms with Crippen molar-refractivity contribution in [3.8, 4) is 0 Å². The summed E-state index contributed by atoms with van der Waals surface area (Å²) in [4.78, 5) is 13.7. The highest BCUT2D eigenvalue weighted by molar-refractivity contribution is 6.07.